The molecular formula is C20H24N2O3. The van der Waals surface area contributed by atoms with E-state index in [0.29, 0.717) is 46.1 Å². The maximum atomic E-state index is 12.1. The summed E-state index contributed by atoms with van der Waals surface area (Å²) in [6.45, 7) is 4.20. The summed E-state index contributed by atoms with van der Waals surface area (Å²) in [6.07, 6.45) is 0. The molecule has 132 valence electrons. The molecule has 0 saturated carbocycles. The first kappa shape index (κ1) is 17.5. The van der Waals surface area contributed by atoms with Crippen LogP contribution in [0.25, 0.3) is 0 Å². The minimum Gasteiger partial charge on any atom is -0.378 e. The van der Waals surface area contributed by atoms with Crippen molar-refractivity contribution in [2.24, 2.45) is 0 Å². The predicted molar refractivity (Wildman–Crippen MR) is 96.0 cm³/mol. The van der Waals surface area contributed by atoms with Crippen LogP contribution in [0.15, 0.2) is 54.6 Å². The smallest absolute Gasteiger partial charge is 0.317 e. The molecule has 1 N–H and O–H groups in total. The Morgan fingerprint density at radius 3 is 2.44 bits per heavy atom. The SMILES string of the molecule is O=C(NCc1cccc(COCc2ccccc2)c1)N1CCOCC1. The molecule has 25 heavy (non-hydrogen) atoms. The molecule has 0 aliphatic carbocycles. The molecule has 2 amide bonds. The van der Waals surface area contributed by atoms with Gasteiger partial charge in [-0.05, 0) is 16.7 Å². The van der Waals surface area contributed by atoms with Crippen LogP contribution in [0.5, 0.6) is 0 Å². The normalized spacial score (nSPS) is 14.3. The Bertz CT molecular complexity index is 670. The van der Waals surface area contributed by atoms with Crippen LogP contribution in [0.4, 0.5) is 4.79 Å². The number of nitrogens with one attached hydrogen (secondary N) is 1. The van der Waals surface area contributed by atoms with E-state index in [1.54, 1.807) is 4.90 Å². The molecule has 2 aromatic rings. The van der Waals surface area contributed by atoms with E-state index >= 15 is 0 Å². The number of hydrogen-bond acceptors (Lipinski definition) is 3. The van der Waals surface area contributed by atoms with Crippen molar-refractivity contribution in [3.63, 3.8) is 0 Å². The molecule has 1 aliphatic rings. The number of urea groups is 1. The van der Waals surface area contributed by atoms with E-state index in [1.165, 1.54) is 0 Å². The molecule has 5 heteroatoms. The summed E-state index contributed by atoms with van der Waals surface area (Å²) in [5.41, 5.74) is 3.34. The first-order valence-electron chi connectivity index (χ1n) is 8.61. The lowest BCUT2D eigenvalue weighted by molar-refractivity contribution is 0.0531. The number of amides is 2. The van der Waals surface area contributed by atoms with Crippen molar-refractivity contribution < 1.29 is 14.3 Å². The van der Waals surface area contributed by atoms with Crippen molar-refractivity contribution >= 4 is 6.03 Å². The zero-order chi connectivity index (χ0) is 17.3. The first-order valence-corrected chi connectivity index (χ1v) is 8.61. The number of carbonyl (C=O) groups excluding carboxylic acids is 1. The lowest BCUT2D eigenvalue weighted by Gasteiger charge is -2.27. The zero-order valence-corrected chi connectivity index (χ0v) is 14.3. The average molecular weight is 340 g/mol. The van der Waals surface area contributed by atoms with Gasteiger partial charge >= 0.3 is 6.03 Å². The summed E-state index contributed by atoms with van der Waals surface area (Å²) in [5, 5.41) is 2.97. The highest BCUT2D eigenvalue weighted by Crippen LogP contribution is 2.09. The van der Waals surface area contributed by atoms with Gasteiger partial charge in [0.05, 0.1) is 26.4 Å². The van der Waals surface area contributed by atoms with Gasteiger partial charge in [0, 0.05) is 19.6 Å². The maximum absolute atomic E-state index is 12.1. The number of morpholine rings is 1. The predicted octanol–water partition coefficient (Wildman–Crippen LogP) is 2.95. The fourth-order valence-electron chi connectivity index (χ4n) is 2.75. The molecule has 0 radical (unpaired) electrons. The van der Waals surface area contributed by atoms with Gasteiger partial charge in [-0.1, -0.05) is 54.6 Å². The first-order chi connectivity index (χ1) is 12.3. The van der Waals surface area contributed by atoms with E-state index in [9.17, 15) is 4.79 Å². The number of rotatable bonds is 6. The van der Waals surface area contributed by atoms with E-state index in [2.05, 4.69) is 23.5 Å². The van der Waals surface area contributed by atoms with Crippen LogP contribution >= 0.6 is 0 Å². The summed E-state index contributed by atoms with van der Waals surface area (Å²) < 4.78 is 11.0. The number of nitrogens with zero attached hydrogens (tertiary/aromatic N) is 1. The van der Waals surface area contributed by atoms with Gasteiger partial charge in [-0.3, -0.25) is 0 Å². The summed E-state index contributed by atoms with van der Waals surface area (Å²) in [6, 6.07) is 18.2. The van der Waals surface area contributed by atoms with Gasteiger partial charge in [-0.2, -0.15) is 0 Å². The Hall–Kier alpha value is -2.37. The molecule has 1 fully saturated rings. The summed E-state index contributed by atoms with van der Waals surface area (Å²) in [5.74, 6) is 0. The van der Waals surface area contributed by atoms with Crippen molar-refractivity contribution in [2.45, 2.75) is 19.8 Å². The Balaban J connectivity index is 1.45. The van der Waals surface area contributed by atoms with Crippen molar-refractivity contribution in [3.8, 4) is 0 Å². The van der Waals surface area contributed by atoms with Gasteiger partial charge in [0.15, 0.2) is 0 Å². The minimum absolute atomic E-state index is 0.0333. The van der Waals surface area contributed by atoms with Gasteiger partial charge < -0.3 is 19.7 Å². The fourth-order valence-corrected chi connectivity index (χ4v) is 2.75. The van der Waals surface area contributed by atoms with Crippen molar-refractivity contribution in [1.29, 1.82) is 0 Å². The Morgan fingerprint density at radius 1 is 0.960 bits per heavy atom. The lowest BCUT2D eigenvalue weighted by Crippen LogP contribution is -2.45. The molecule has 0 spiro atoms. The van der Waals surface area contributed by atoms with Crippen LogP contribution in [-0.4, -0.2) is 37.2 Å². The van der Waals surface area contributed by atoms with Crippen LogP contribution in [0.3, 0.4) is 0 Å². The number of benzene rings is 2. The molecule has 0 bridgehead atoms. The molecule has 1 heterocycles. The highest BCUT2D eigenvalue weighted by Gasteiger charge is 2.15. The molecule has 3 rings (SSSR count). The standard InChI is InChI=1S/C20H24N2O3/c23-20(22-9-11-24-12-10-22)21-14-18-7-4-8-19(13-18)16-25-15-17-5-2-1-3-6-17/h1-8,13H,9-12,14-16H2,(H,21,23). The van der Waals surface area contributed by atoms with Gasteiger partial charge in [-0.25, -0.2) is 4.79 Å². The summed E-state index contributed by atoms with van der Waals surface area (Å²) >= 11 is 0. The van der Waals surface area contributed by atoms with Crippen LogP contribution in [0.1, 0.15) is 16.7 Å². The molecule has 5 nitrogen and oxygen atoms in total. The van der Waals surface area contributed by atoms with Crippen LogP contribution in [0.2, 0.25) is 0 Å². The largest absolute Gasteiger partial charge is 0.378 e. The molecule has 1 saturated heterocycles. The van der Waals surface area contributed by atoms with Crippen molar-refractivity contribution in [2.75, 3.05) is 26.3 Å². The maximum Gasteiger partial charge on any atom is 0.317 e. The van der Waals surface area contributed by atoms with E-state index in [4.69, 9.17) is 9.47 Å². The number of hydrogen-bond donors (Lipinski definition) is 1. The second kappa shape index (κ2) is 9.20. The van der Waals surface area contributed by atoms with Gasteiger partial charge in [-0.15, -0.1) is 0 Å². The van der Waals surface area contributed by atoms with E-state index in [-0.39, 0.29) is 6.03 Å². The zero-order valence-electron chi connectivity index (χ0n) is 14.3. The molecule has 1 aliphatic heterocycles. The fraction of sp³-hybridized carbons (Fsp3) is 0.350. The van der Waals surface area contributed by atoms with E-state index in [1.807, 2.05) is 36.4 Å². The topological polar surface area (TPSA) is 50.8 Å². The van der Waals surface area contributed by atoms with Crippen LogP contribution < -0.4 is 5.32 Å². The molecule has 0 aromatic heterocycles. The second-order valence-electron chi connectivity index (χ2n) is 6.06. The Labute approximate surface area is 148 Å². The van der Waals surface area contributed by atoms with Gasteiger partial charge in [0.2, 0.25) is 0 Å². The second-order valence-corrected chi connectivity index (χ2v) is 6.06. The van der Waals surface area contributed by atoms with Crippen molar-refractivity contribution in [3.05, 3.63) is 71.3 Å². The summed E-state index contributed by atoms with van der Waals surface area (Å²) in [4.78, 5) is 13.9. The van der Waals surface area contributed by atoms with E-state index in [0.717, 1.165) is 16.7 Å². The van der Waals surface area contributed by atoms with Crippen LogP contribution in [0, 0.1) is 0 Å². The monoisotopic (exact) mass is 340 g/mol. The van der Waals surface area contributed by atoms with Crippen molar-refractivity contribution in [1.82, 2.24) is 10.2 Å². The lowest BCUT2D eigenvalue weighted by atomic mass is 10.1. The van der Waals surface area contributed by atoms with Gasteiger partial charge in [0.25, 0.3) is 0 Å². The molecule has 0 unspecified atom stereocenters. The summed E-state index contributed by atoms with van der Waals surface area (Å²) in [7, 11) is 0. The molecular weight excluding hydrogens is 316 g/mol. The highest BCUT2D eigenvalue weighted by atomic mass is 16.5. The Morgan fingerprint density at radius 2 is 1.64 bits per heavy atom. The third-order valence-corrected chi connectivity index (χ3v) is 4.11. The van der Waals surface area contributed by atoms with Gasteiger partial charge in [0.1, 0.15) is 0 Å². The molecule has 0 atom stereocenters. The van der Waals surface area contributed by atoms with E-state index < -0.39 is 0 Å². The third-order valence-electron chi connectivity index (χ3n) is 4.11. The van der Waals surface area contributed by atoms with Crippen LogP contribution in [-0.2, 0) is 29.2 Å². The minimum atomic E-state index is -0.0333. The number of carbonyl (C=O) groups is 1. The third kappa shape index (κ3) is 5.59. The Kier molecular flexibility index (Phi) is 6.42. The molecule has 2 aromatic carbocycles. The average Bonchev–Trinajstić information content (AvgIpc) is 2.68. The quantitative estimate of drug-likeness (QED) is 0.880. The number of ether oxygens (including phenoxy) is 2. The highest BCUT2D eigenvalue weighted by molar-refractivity contribution is 5.74.